The molecule has 0 unspecified atom stereocenters. The second kappa shape index (κ2) is 4.69. The van der Waals surface area contributed by atoms with E-state index in [0.29, 0.717) is 5.69 Å². The van der Waals surface area contributed by atoms with E-state index in [1.165, 1.54) is 0 Å². The van der Waals surface area contributed by atoms with Gasteiger partial charge in [0.25, 0.3) is 0 Å². The third-order valence-electron chi connectivity index (χ3n) is 2.27. The minimum Gasteiger partial charge on any atom is -0.459 e. The Kier molecular flexibility index (Phi) is 3.09. The minimum atomic E-state index is -0.876. The van der Waals surface area contributed by atoms with Crippen LogP contribution in [-0.4, -0.2) is 23.5 Å². The van der Waals surface area contributed by atoms with Gasteiger partial charge >= 0.3 is 11.9 Å². The first-order chi connectivity index (χ1) is 8.20. The van der Waals surface area contributed by atoms with E-state index in [0.717, 1.165) is 10.9 Å². The van der Waals surface area contributed by atoms with Crippen molar-refractivity contribution in [1.29, 1.82) is 0 Å². The Morgan fingerprint density at radius 2 is 2.18 bits per heavy atom. The summed E-state index contributed by atoms with van der Waals surface area (Å²) in [4.78, 5) is 25.5. The molecule has 0 atom stereocenters. The lowest BCUT2D eigenvalue weighted by Gasteiger charge is -2.04. The Balaban J connectivity index is 2.12. The van der Waals surface area contributed by atoms with Crippen molar-refractivity contribution in [2.75, 3.05) is 11.9 Å². The van der Waals surface area contributed by atoms with Crippen LogP contribution >= 0.6 is 0 Å². The number of amides is 1. The Morgan fingerprint density at radius 1 is 1.35 bits per heavy atom. The highest BCUT2D eigenvalue weighted by Crippen LogP contribution is 2.17. The largest absolute Gasteiger partial charge is 0.459 e. The van der Waals surface area contributed by atoms with Gasteiger partial charge in [0.1, 0.15) is 0 Å². The molecule has 0 radical (unpaired) electrons. The smallest absolute Gasteiger partial charge is 0.397 e. The van der Waals surface area contributed by atoms with Gasteiger partial charge in [-0.3, -0.25) is 4.79 Å². The fourth-order valence-electron chi connectivity index (χ4n) is 1.50. The summed E-state index contributed by atoms with van der Waals surface area (Å²) in [7, 11) is 0. The highest BCUT2D eigenvalue weighted by molar-refractivity contribution is 6.37. The van der Waals surface area contributed by atoms with Crippen LogP contribution in [0, 0.1) is 0 Å². The number of nitrogens with one attached hydrogen (secondary N) is 2. The number of ether oxygens (including phenoxy) is 1. The Hall–Kier alpha value is -2.30. The van der Waals surface area contributed by atoms with Gasteiger partial charge in [0.2, 0.25) is 0 Å². The molecule has 0 fully saturated rings. The second-order valence-electron chi connectivity index (χ2n) is 3.45. The summed E-state index contributed by atoms with van der Waals surface area (Å²) < 4.78 is 4.59. The van der Waals surface area contributed by atoms with Crippen molar-refractivity contribution in [3.05, 3.63) is 30.5 Å². The van der Waals surface area contributed by atoms with Gasteiger partial charge < -0.3 is 15.0 Å². The summed E-state index contributed by atoms with van der Waals surface area (Å²) in [6, 6.07) is 7.26. The summed E-state index contributed by atoms with van der Waals surface area (Å²) in [6.45, 7) is 1.83. The predicted octanol–water partition coefficient (Wildman–Crippen LogP) is 1.67. The maximum absolute atomic E-state index is 11.4. The molecule has 5 heteroatoms. The molecule has 5 nitrogen and oxygen atoms in total. The van der Waals surface area contributed by atoms with E-state index in [1.54, 1.807) is 19.1 Å². The number of aromatic amines is 1. The molecule has 1 aromatic carbocycles. The van der Waals surface area contributed by atoms with Gasteiger partial charge in [0, 0.05) is 17.4 Å². The minimum absolute atomic E-state index is 0.182. The highest BCUT2D eigenvalue weighted by Gasteiger charge is 2.14. The van der Waals surface area contributed by atoms with Gasteiger partial charge in [-0.15, -0.1) is 0 Å². The van der Waals surface area contributed by atoms with Gasteiger partial charge in [-0.25, -0.2) is 4.79 Å². The van der Waals surface area contributed by atoms with Crippen molar-refractivity contribution in [2.24, 2.45) is 0 Å². The van der Waals surface area contributed by atoms with Crippen molar-refractivity contribution in [2.45, 2.75) is 6.92 Å². The van der Waals surface area contributed by atoms with Crippen LogP contribution in [-0.2, 0) is 14.3 Å². The van der Waals surface area contributed by atoms with Crippen molar-refractivity contribution >= 4 is 28.5 Å². The van der Waals surface area contributed by atoms with E-state index in [9.17, 15) is 9.59 Å². The van der Waals surface area contributed by atoms with Crippen LogP contribution in [0.3, 0.4) is 0 Å². The first kappa shape index (κ1) is 11.2. The molecule has 0 spiro atoms. The lowest BCUT2D eigenvalue weighted by Crippen LogP contribution is -2.24. The van der Waals surface area contributed by atoms with Crippen LogP contribution in [0.4, 0.5) is 5.69 Å². The molecule has 2 aromatic rings. The summed E-state index contributed by atoms with van der Waals surface area (Å²) in [5.41, 5.74) is 1.45. The normalized spacial score (nSPS) is 10.2. The molecule has 2 rings (SSSR count). The predicted molar refractivity (Wildman–Crippen MR) is 63.6 cm³/mol. The molecular formula is C12H12N2O3. The fourth-order valence-corrected chi connectivity index (χ4v) is 1.50. The molecule has 1 heterocycles. The van der Waals surface area contributed by atoms with E-state index in [2.05, 4.69) is 15.0 Å². The Labute approximate surface area is 97.8 Å². The molecule has 0 aliphatic heterocycles. The number of carbonyl (C=O) groups is 2. The fraction of sp³-hybridized carbons (Fsp3) is 0.167. The number of hydrogen-bond donors (Lipinski definition) is 2. The average molecular weight is 232 g/mol. The van der Waals surface area contributed by atoms with Crippen molar-refractivity contribution in [3.8, 4) is 0 Å². The number of fused-ring (bicyclic) bond motifs is 1. The molecule has 0 bridgehead atoms. The van der Waals surface area contributed by atoms with E-state index >= 15 is 0 Å². The number of anilines is 1. The maximum atomic E-state index is 11.4. The molecule has 0 aliphatic rings. The first-order valence-electron chi connectivity index (χ1n) is 5.26. The van der Waals surface area contributed by atoms with Crippen LogP contribution in [0.5, 0.6) is 0 Å². The molecule has 88 valence electrons. The van der Waals surface area contributed by atoms with Gasteiger partial charge in [-0.1, -0.05) is 6.07 Å². The topological polar surface area (TPSA) is 71.2 Å². The number of aromatic nitrogens is 1. The van der Waals surface area contributed by atoms with E-state index < -0.39 is 11.9 Å². The van der Waals surface area contributed by atoms with Crippen LogP contribution in [0.25, 0.3) is 10.9 Å². The van der Waals surface area contributed by atoms with E-state index in [1.807, 2.05) is 18.3 Å². The zero-order valence-electron chi connectivity index (χ0n) is 9.32. The number of rotatable bonds is 2. The second-order valence-corrected chi connectivity index (χ2v) is 3.45. The lowest BCUT2D eigenvalue weighted by molar-refractivity contribution is -0.152. The van der Waals surface area contributed by atoms with Crippen LogP contribution in [0.2, 0.25) is 0 Å². The third kappa shape index (κ3) is 2.44. The van der Waals surface area contributed by atoms with Crippen molar-refractivity contribution in [1.82, 2.24) is 4.98 Å². The molecule has 2 N–H and O–H groups in total. The third-order valence-corrected chi connectivity index (χ3v) is 2.27. The lowest BCUT2D eigenvalue weighted by atomic mass is 10.2. The number of hydrogen-bond acceptors (Lipinski definition) is 3. The SMILES string of the molecule is CCOC(=O)C(=O)Nc1ccc2cc[nH]c2c1. The molecule has 0 aliphatic carbocycles. The monoisotopic (exact) mass is 232 g/mol. The number of esters is 1. The summed E-state index contributed by atoms with van der Waals surface area (Å²) in [5, 5.41) is 3.52. The Bertz CT molecular complexity index is 560. The van der Waals surface area contributed by atoms with Crippen molar-refractivity contribution in [3.63, 3.8) is 0 Å². The van der Waals surface area contributed by atoms with Crippen LogP contribution in [0.1, 0.15) is 6.92 Å². The summed E-state index contributed by atoms with van der Waals surface area (Å²) >= 11 is 0. The Morgan fingerprint density at radius 3 is 2.94 bits per heavy atom. The molecular weight excluding hydrogens is 220 g/mol. The number of benzene rings is 1. The quantitative estimate of drug-likeness (QED) is 0.611. The van der Waals surface area contributed by atoms with E-state index in [4.69, 9.17) is 0 Å². The van der Waals surface area contributed by atoms with Crippen molar-refractivity contribution < 1.29 is 14.3 Å². The van der Waals surface area contributed by atoms with Gasteiger partial charge in [-0.05, 0) is 30.5 Å². The van der Waals surface area contributed by atoms with Gasteiger partial charge in [-0.2, -0.15) is 0 Å². The molecule has 0 saturated carbocycles. The standard InChI is InChI=1S/C12H12N2O3/c1-2-17-12(16)11(15)14-9-4-3-8-5-6-13-10(8)7-9/h3-7,13H,2H2,1H3,(H,14,15). The van der Waals surface area contributed by atoms with Crippen LogP contribution in [0.15, 0.2) is 30.5 Å². The zero-order chi connectivity index (χ0) is 12.3. The maximum Gasteiger partial charge on any atom is 0.397 e. The molecule has 1 amide bonds. The van der Waals surface area contributed by atoms with Crippen LogP contribution < -0.4 is 5.32 Å². The molecule has 17 heavy (non-hydrogen) atoms. The highest BCUT2D eigenvalue weighted by atomic mass is 16.5. The van der Waals surface area contributed by atoms with E-state index in [-0.39, 0.29) is 6.61 Å². The number of H-pyrrole nitrogens is 1. The van der Waals surface area contributed by atoms with Gasteiger partial charge in [0.15, 0.2) is 0 Å². The zero-order valence-corrected chi connectivity index (χ0v) is 9.32. The summed E-state index contributed by atoms with van der Waals surface area (Å²) in [6.07, 6.45) is 1.81. The molecule has 0 saturated heterocycles. The average Bonchev–Trinajstić information content (AvgIpc) is 2.76. The number of carbonyl (C=O) groups excluding carboxylic acids is 2. The van der Waals surface area contributed by atoms with Gasteiger partial charge in [0.05, 0.1) is 6.61 Å². The first-order valence-corrected chi connectivity index (χ1v) is 5.26. The summed E-state index contributed by atoms with van der Waals surface area (Å²) in [5.74, 6) is -1.64. The molecule has 1 aromatic heterocycles.